The largest absolute Gasteiger partial charge is 0.489 e. The van der Waals surface area contributed by atoms with Gasteiger partial charge in [-0.05, 0) is 60.5 Å². The number of rotatable bonds is 8. The first-order valence-electron chi connectivity index (χ1n) is 12.0. The number of carbonyl (C=O) groups excluding carboxylic acids is 1. The van der Waals surface area contributed by atoms with Crippen LogP contribution < -0.4 is 10.2 Å². The van der Waals surface area contributed by atoms with Crippen molar-refractivity contribution in [2.45, 2.75) is 13.5 Å². The molecule has 0 radical (unpaired) electrons. The number of amides is 1. The van der Waals surface area contributed by atoms with Crippen molar-refractivity contribution in [3.63, 3.8) is 0 Å². The predicted molar refractivity (Wildman–Crippen MR) is 146 cm³/mol. The lowest BCUT2D eigenvalue weighted by atomic mass is 10.1. The van der Waals surface area contributed by atoms with Crippen LogP contribution in [-0.4, -0.2) is 21.9 Å². The molecule has 0 aliphatic rings. The molecule has 1 heterocycles. The Kier molecular flexibility index (Phi) is 7.18. The highest BCUT2D eigenvalue weighted by Crippen LogP contribution is 2.25. The van der Waals surface area contributed by atoms with Gasteiger partial charge in [-0.3, -0.25) is 4.79 Å². The second-order valence-corrected chi connectivity index (χ2v) is 8.53. The second kappa shape index (κ2) is 11.2. The maximum absolute atomic E-state index is 12.6. The van der Waals surface area contributed by atoms with Crippen molar-refractivity contribution >= 4 is 12.1 Å². The molecule has 0 aliphatic carbocycles. The first-order valence-corrected chi connectivity index (χ1v) is 12.0. The maximum atomic E-state index is 12.6. The van der Waals surface area contributed by atoms with E-state index in [1.165, 1.54) is 0 Å². The van der Waals surface area contributed by atoms with E-state index in [1.807, 2.05) is 116 Å². The van der Waals surface area contributed by atoms with Gasteiger partial charge >= 0.3 is 0 Å². The van der Waals surface area contributed by atoms with E-state index in [0.717, 1.165) is 39.4 Å². The van der Waals surface area contributed by atoms with Gasteiger partial charge in [-0.15, -0.1) is 0 Å². The number of ether oxygens (including phenoxy) is 1. The van der Waals surface area contributed by atoms with Crippen molar-refractivity contribution in [3.8, 4) is 22.7 Å². The average molecular weight is 487 g/mol. The molecule has 0 saturated carbocycles. The number of aromatic nitrogens is 2. The zero-order valence-corrected chi connectivity index (χ0v) is 20.4. The molecule has 0 spiro atoms. The van der Waals surface area contributed by atoms with Crippen molar-refractivity contribution in [1.82, 2.24) is 15.2 Å². The van der Waals surface area contributed by atoms with E-state index >= 15 is 0 Å². The van der Waals surface area contributed by atoms with Crippen LogP contribution >= 0.6 is 0 Å². The number of para-hydroxylation sites is 1. The van der Waals surface area contributed by atoms with E-state index in [2.05, 4.69) is 10.5 Å². The van der Waals surface area contributed by atoms with E-state index in [-0.39, 0.29) is 5.91 Å². The lowest BCUT2D eigenvalue weighted by molar-refractivity contribution is 0.0954. The van der Waals surface area contributed by atoms with Crippen LogP contribution in [-0.2, 0) is 6.61 Å². The van der Waals surface area contributed by atoms with Crippen LogP contribution in [0.1, 0.15) is 27.0 Å². The first-order chi connectivity index (χ1) is 18.2. The van der Waals surface area contributed by atoms with E-state index in [0.29, 0.717) is 12.2 Å². The Morgan fingerprint density at radius 2 is 1.57 bits per heavy atom. The summed E-state index contributed by atoms with van der Waals surface area (Å²) in [5, 5.41) is 9.05. The van der Waals surface area contributed by atoms with E-state index in [9.17, 15) is 4.79 Å². The third-order valence-electron chi connectivity index (χ3n) is 5.90. The molecule has 0 unspecified atom stereocenters. The van der Waals surface area contributed by atoms with Crippen LogP contribution in [0.15, 0.2) is 120 Å². The summed E-state index contributed by atoms with van der Waals surface area (Å²) in [6.07, 6.45) is 3.52. The lowest BCUT2D eigenvalue weighted by Crippen LogP contribution is -2.18. The highest BCUT2D eigenvalue weighted by atomic mass is 16.5. The van der Waals surface area contributed by atoms with Crippen LogP contribution in [0.5, 0.6) is 5.75 Å². The van der Waals surface area contributed by atoms with Crippen molar-refractivity contribution in [2.24, 2.45) is 5.10 Å². The van der Waals surface area contributed by atoms with Gasteiger partial charge in [-0.25, -0.2) is 10.1 Å². The molecule has 0 bridgehead atoms. The Morgan fingerprint density at radius 3 is 2.30 bits per heavy atom. The molecular weight excluding hydrogens is 460 g/mol. The smallest absolute Gasteiger partial charge is 0.271 e. The minimum atomic E-state index is -0.258. The van der Waals surface area contributed by atoms with Crippen molar-refractivity contribution in [1.29, 1.82) is 0 Å². The van der Waals surface area contributed by atoms with Crippen LogP contribution in [0.3, 0.4) is 0 Å². The number of hydrazone groups is 1. The van der Waals surface area contributed by atoms with Crippen molar-refractivity contribution in [2.75, 3.05) is 0 Å². The number of nitrogens with zero attached hydrogens (tertiary/aromatic N) is 3. The van der Waals surface area contributed by atoms with Crippen LogP contribution in [0.2, 0.25) is 0 Å². The van der Waals surface area contributed by atoms with E-state index in [4.69, 9.17) is 9.84 Å². The van der Waals surface area contributed by atoms with Gasteiger partial charge < -0.3 is 4.74 Å². The highest BCUT2D eigenvalue weighted by Gasteiger charge is 2.12. The van der Waals surface area contributed by atoms with Crippen LogP contribution in [0.25, 0.3) is 16.9 Å². The SMILES string of the molecule is Cc1ccccc1C(=O)N/N=C/c1cn(-c2ccccc2)nc1-c1ccc(OCc2ccccc2)cc1. The Bertz CT molecular complexity index is 1510. The highest BCUT2D eigenvalue weighted by molar-refractivity contribution is 5.96. The Balaban J connectivity index is 1.38. The van der Waals surface area contributed by atoms with Crippen molar-refractivity contribution in [3.05, 3.63) is 138 Å². The van der Waals surface area contributed by atoms with Gasteiger partial charge in [0.1, 0.15) is 18.1 Å². The number of carbonyl (C=O) groups is 1. The number of aryl methyl sites for hydroxylation is 1. The third kappa shape index (κ3) is 5.82. The molecule has 4 aromatic carbocycles. The fourth-order valence-electron chi connectivity index (χ4n) is 3.92. The third-order valence-corrected chi connectivity index (χ3v) is 5.90. The summed E-state index contributed by atoms with van der Waals surface area (Å²) in [7, 11) is 0. The molecule has 1 aromatic heterocycles. The summed E-state index contributed by atoms with van der Waals surface area (Å²) in [4.78, 5) is 12.6. The van der Waals surface area contributed by atoms with Gasteiger partial charge in [0, 0.05) is 22.9 Å². The normalized spacial score (nSPS) is 10.9. The lowest BCUT2D eigenvalue weighted by Gasteiger charge is -2.07. The van der Waals surface area contributed by atoms with Crippen molar-refractivity contribution < 1.29 is 9.53 Å². The van der Waals surface area contributed by atoms with Gasteiger partial charge in [-0.1, -0.05) is 66.7 Å². The summed E-state index contributed by atoms with van der Waals surface area (Å²) in [5.74, 6) is 0.516. The molecule has 0 aliphatic heterocycles. The second-order valence-electron chi connectivity index (χ2n) is 8.53. The summed E-state index contributed by atoms with van der Waals surface area (Å²) in [6.45, 7) is 2.40. The van der Waals surface area contributed by atoms with Gasteiger partial charge in [0.25, 0.3) is 5.91 Å². The summed E-state index contributed by atoms with van der Waals surface area (Å²) < 4.78 is 7.74. The summed E-state index contributed by atoms with van der Waals surface area (Å²) in [6, 6.07) is 35.1. The molecule has 37 heavy (non-hydrogen) atoms. The molecule has 5 aromatic rings. The number of hydrogen-bond acceptors (Lipinski definition) is 4. The fourth-order valence-corrected chi connectivity index (χ4v) is 3.92. The topological polar surface area (TPSA) is 68.5 Å². The molecule has 0 fully saturated rings. The molecule has 5 rings (SSSR count). The van der Waals surface area contributed by atoms with E-state index in [1.54, 1.807) is 17.0 Å². The van der Waals surface area contributed by atoms with Gasteiger partial charge in [0.05, 0.1) is 11.9 Å². The van der Waals surface area contributed by atoms with Gasteiger partial charge in [-0.2, -0.15) is 10.2 Å². The number of benzene rings is 4. The molecular formula is C31H26N4O2. The van der Waals surface area contributed by atoms with Crippen LogP contribution in [0, 0.1) is 6.92 Å². The Labute approximate surface area is 215 Å². The first kappa shape index (κ1) is 23.8. The standard InChI is InChI=1S/C31H26N4O2/c1-23-10-8-9-15-29(23)31(36)33-32-20-26-21-35(27-13-6-3-7-14-27)34-30(26)25-16-18-28(19-17-25)37-22-24-11-4-2-5-12-24/h2-21H,22H2,1H3,(H,33,36)/b32-20+. The minimum Gasteiger partial charge on any atom is -0.489 e. The molecule has 1 amide bonds. The Hall–Kier alpha value is -4.97. The summed E-state index contributed by atoms with van der Waals surface area (Å²) in [5.41, 5.74) is 8.57. The molecule has 6 nitrogen and oxygen atoms in total. The summed E-state index contributed by atoms with van der Waals surface area (Å²) >= 11 is 0. The fraction of sp³-hybridized carbons (Fsp3) is 0.0645. The zero-order chi connectivity index (χ0) is 25.5. The molecule has 0 saturated heterocycles. The molecule has 1 N–H and O–H groups in total. The molecule has 182 valence electrons. The quantitative estimate of drug-likeness (QED) is 0.210. The molecule has 6 heteroatoms. The molecule has 0 atom stereocenters. The predicted octanol–water partition coefficient (Wildman–Crippen LogP) is 6.19. The van der Waals surface area contributed by atoms with Crippen LogP contribution in [0.4, 0.5) is 0 Å². The van der Waals surface area contributed by atoms with Gasteiger partial charge in [0.2, 0.25) is 0 Å². The Morgan fingerprint density at radius 1 is 0.892 bits per heavy atom. The zero-order valence-electron chi connectivity index (χ0n) is 20.4. The minimum absolute atomic E-state index is 0.258. The number of nitrogens with one attached hydrogen (secondary N) is 1. The van der Waals surface area contributed by atoms with Gasteiger partial charge in [0.15, 0.2) is 0 Å². The maximum Gasteiger partial charge on any atom is 0.271 e. The number of hydrogen-bond donors (Lipinski definition) is 1. The van der Waals surface area contributed by atoms with E-state index < -0.39 is 0 Å². The average Bonchev–Trinajstić information content (AvgIpc) is 3.37. The monoisotopic (exact) mass is 486 g/mol.